The SMILES string of the molecule is CCC1(c2ccc(C(N)=O)cc2)C2CN(CCCC3(O)CCCCC3)CC21. The summed E-state index contributed by atoms with van der Waals surface area (Å²) in [6, 6.07) is 7.99. The van der Waals surface area contributed by atoms with Crippen LogP contribution < -0.4 is 5.73 Å². The van der Waals surface area contributed by atoms with Gasteiger partial charge in [-0.2, -0.15) is 0 Å². The summed E-state index contributed by atoms with van der Waals surface area (Å²) in [6.45, 7) is 5.77. The van der Waals surface area contributed by atoms with Crippen molar-refractivity contribution in [2.45, 2.75) is 69.3 Å². The van der Waals surface area contributed by atoms with Crippen molar-refractivity contribution in [2.24, 2.45) is 17.6 Å². The van der Waals surface area contributed by atoms with E-state index in [-0.39, 0.29) is 11.5 Å². The van der Waals surface area contributed by atoms with E-state index in [1.807, 2.05) is 12.1 Å². The molecule has 2 atom stereocenters. The van der Waals surface area contributed by atoms with Crippen LogP contribution in [0.2, 0.25) is 0 Å². The number of primary amides is 1. The second-order valence-corrected chi connectivity index (χ2v) is 9.20. The van der Waals surface area contributed by atoms with Crippen molar-refractivity contribution in [1.29, 1.82) is 0 Å². The number of hydrogen-bond donors (Lipinski definition) is 2. The van der Waals surface area contributed by atoms with Gasteiger partial charge in [-0.1, -0.05) is 38.3 Å². The Morgan fingerprint density at radius 3 is 2.33 bits per heavy atom. The fourth-order valence-electron chi connectivity index (χ4n) is 6.19. The maximum atomic E-state index is 11.3. The second-order valence-electron chi connectivity index (χ2n) is 9.20. The first-order valence-electron chi connectivity index (χ1n) is 10.8. The molecule has 0 bridgehead atoms. The molecule has 3 N–H and O–H groups in total. The van der Waals surface area contributed by atoms with Crippen molar-refractivity contribution in [3.8, 4) is 0 Å². The van der Waals surface area contributed by atoms with Gasteiger partial charge < -0.3 is 15.7 Å². The summed E-state index contributed by atoms with van der Waals surface area (Å²) in [7, 11) is 0. The maximum Gasteiger partial charge on any atom is 0.248 e. The fraction of sp³-hybridized carbons (Fsp3) is 0.696. The lowest BCUT2D eigenvalue weighted by Gasteiger charge is -2.33. The van der Waals surface area contributed by atoms with E-state index in [2.05, 4.69) is 24.0 Å². The highest BCUT2D eigenvalue weighted by molar-refractivity contribution is 5.92. The smallest absolute Gasteiger partial charge is 0.248 e. The van der Waals surface area contributed by atoms with Gasteiger partial charge in [0.2, 0.25) is 5.91 Å². The third kappa shape index (κ3) is 3.42. The van der Waals surface area contributed by atoms with Crippen molar-refractivity contribution >= 4 is 5.91 Å². The van der Waals surface area contributed by atoms with Crippen LogP contribution in [0.5, 0.6) is 0 Å². The van der Waals surface area contributed by atoms with Crippen LogP contribution in [0.25, 0.3) is 0 Å². The molecular weight excluding hydrogens is 336 g/mol. The minimum absolute atomic E-state index is 0.300. The van der Waals surface area contributed by atoms with E-state index in [0.717, 1.165) is 50.5 Å². The summed E-state index contributed by atoms with van der Waals surface area (Å²) >= 11 is 0. The van der Waals surface area contributed by atoms with Crippen molar-refractivity contribution in [3.63, 3.8) is 0 Å². The van der Waals surface area contributed by atoms with Crippen LogP contribution in [0.1, 0.15) is 74.2 Å². The summed E-state index contributed by atoms with van der Waals surface area (Å²) in [5, 5.41) is 10.7. The summed E-state index contributed by atoms with van der Waals surface area (Å²) in [4.78, 5) is 13.9. The van der Waals surface area contributed by atoms with Gasteiger partial charge in [0.05, 0.1) is 5.60 Å². The normalized spacial score (nSPS) is 32.2. The largest absolute Gasteiger partial charge is 0.390 e. The van der Waals surface area contributed by atoms with E-state index in [1.54, 1.807) is 0 Å². The number of aliphatic hydroxyl groups is 1. The molecule has 4 heteroatoms. The van der Waals surface area contributed by atoms with Gasteiger partial charge >= 0.3 is 0 Å². The Morgan fingerprint density at radius 1 is 1.15 bits per heavy atom. The minimum Gasteiger partial charge on any atom is -0.390 e. The van der Waals surface area contributed by atoms with E-state index in [9.17, 15) is 9.90 Å². The Morgan fingerprint density at radius 2 is 1.78 bits per heavy atom. The van der Waals surface area contributed by atoms with E-state index < -0.39 is 0 Å². The number of benzene rings is 1. The Kier molecular flexibility index (Phi) is 5.06. The molecule has 148 valence electrons. The third-order valence-electron chi connectivity index (χ3n) is 7.80. The molecule has 4 nitrogen and oxygen atoms in total. The molecule has 2 saturated carbocycles. The van der Waals surface area contributed by atoms with Crippen molar-refractivity contribution in [3.05, 3.63) is 35.4 Å². The highest BCUT2D eigenvalue weighted by atomic mass is 16.3. The fourth-order valence-corrected chi connectivity index (χ4v) is 6.19. The number of carbonyl (C=O) groups is 1. The topological polar surface area (TPSA) is 66.6 Å². The quantitative estimate of drug-likeness (QED) is 0.772. The zero-order valence-corrected chi connectivity index (χ0v) is 16.6. The molecule has 3 aliphatic rings. The van der Waals surface area contributed by atoms with E-state index in [4.69, 9.17) is 5.73 Å². The number of nitrogens with zero attached hydrogens (tertiary/aromatic N) is 1. The number of fused-ring (bicyclic) bond motifs is 1. The molecule has 27 heavy (non-hydrogen) atoms. The van der Waals surface area contributed by atoms with E-state index >= 15 is 0 Å². The third-order valence-corrected chi connectivity index (χ3v) is 7.80. The molecule has 3 fully saturated rings. The number of piperidine rings is 1. The lowest BCUT2D eigenvalue weighted by atomic mass is 9.81. The molecule has 2 aliphatic carbocycles. The van der Waals surface area contributed by atoms with Crippen molar-refractivity contribution < 1.29 is 9.90 Å². The highest BCUT2D eigenvalue weighted by Gasteiger charge is 2.67. The van der Waals surface area contributed by atoms with Crippen LogP contribution in [0.3, 0.4) is 0 Å². The molecule has 1 heterocycles. The lowest BCUT2D eigenvalue weighted by Crippen LogP contribution is -2.34. The first-order valence-corrected chi connectivity index (χ1v) is 10.8. The van der Waals surface area contributed by atoms with Crippen LogP contribution in [-0.2, 0) is 5.41 Å². The van der Waals surface area contributed by atoms with E-state index in [1.165, 1.54) is 37.9 Å². The molecule has 0 aromatic heterocycles. The van der Waals surface area contributed by atoms with Gasteiger partial charge in [0, 0.05) is 24.1 Å². The van der Waals surface area contributed by atoms with Gasteiger partial charge in [0.1, 0.15) is 0 Å². The van der Waals surface area contributed by atoms with Crippen molar-refractivity contribution in [2.75, 3.05) is 19.6 Å². The molecular formula is C23H34N2O2. The summed E-state index contributed by atoms with van der Waals surface area (Å²) in [6.07, 6.45) is 8.91. The Hall–Kier alpha value is -1.39. The molecule has 1 saturated heterocycles. The molecule has 1 aromatic carbocycles. The van der Waals surface area contributed by atoms with Gasteiger partial charge in [-0.3, -0.25) is 4.79 Å². The van der Waals surface area contributed by atoms with Gasteiger partial charge in [0.15, 0.2) is 0 Å². The number of amides is 1. The van der Waals surface area contributed by atoms with Gasteiger partial charge in [-0.25, -0.2) is 0 Å². The number of likely N-dealkylation sites (tertiary alicyclic amines) is 1. The van der Waals surface area contributed by atoms with Gasteiger partial charge in [0.25, 0.3) is 0 Å². The number of hydrogen-bond acceptors (Lipinski definition) is 3. The first-order chi connectivity index (χ1) is 13.0. The van der Waals surface area contributed by atoms with Crippen molar-refractivity contribution in [1.82, 2.24) is 4.90 Å². The monoisotopic (exact) mass is 370 g/mol. The van der Waals surface area contributed by atoms with Crippen LogP contribution in [0, 0.1) is 11.8 Å². The van der Waals surface area contributed by atoms with Gasteiger partial charge in [-0.15, -0.1) is 0 Å². The Labute approximate surface area is 163 Å². The minimum atomic E-state index is -0.379. The Balaban J connectivity index is 1.30. The average Bonchev–Trinajstić information content (AvgIpc) is 3.04. The summed E-state index contributed by atoms with van der Waals surface area (Å²) in [5.74, 6) is 1.12. The molecule has 2 unspecified atom stereocenters. The maximum absolute atomic E-state index is 11.3. The molecule has 1 aliphatic heterocycles. The van der Waals surface area contributed by atoms with Crippen LogP contribution in [0.4, 0.5) is 0 Å². The highest BCUT2D eigenvalue weighted by Crippen LogP contribution is 2.65. The zero-order chi connectivity index (χ0) is 19.1. The molecule has 1 aromatic rings. The number of nitrogens with two attached hydrogens (primary N) is 1. The lowest BCUT2D eigenvalue weighted by molar-refractivity contribution is -0.00722. The standard InChI is InChI=1S/C23H34N2O2/c1-2-23(18-9-7-17(8-10-18)21(24)26)19-15-25(16-20(19)23)14-6-13-22(27)11-4-3-5-12-22/h7-10,19-20,27H,2-6,11-16H2,1H3,(H2,24,26). The van der Waals surface area contributed by atoms with Crippen LogP contribution in [-0.4, -0.2) is 41.1 Å². The van der Waals surface area contributed by atoms with Crippen LogP contribution >= 0.6 is 0 Å². The molecule has 0 radical (unpaired) electrons. The summed E-state index contributed by atoms with van der Waals surface area (Å²) < 4.78 is 0. The first kappa shape index (κ1) is 18.9. The predicted molar refractivity (Wildman–Crippen MR) is 108 cm³/mol. The second kappa shape index (κ2) is 7.21. The number of carbonyl (C=O) groups excluding carboxylic acids is 1. The van der Waals surface area contributed by atoms with Gasteiger partial charge in [-0.05, 0) is 68.2 Å². The average molecular weight is 371 g/mol. The molecule has 0 spiro atoms. The summed E-state index contributed by atoms with van der Waals surface area (Å²) in [5.41, 5.74) is 7.27. The predicted octanol–water partition coefficient (Wildman–Crippen LogP) is 3.47. The Bertz CT molecular complexity index is 666. The number of rotatable bonds is 7. The molecule has 4 rings (SSSR count). The zero-order valence-electron chi connectivity index (χ0n) is 16.6. The van der Waals surface area contributed by atoms with E-state index in [0.29, 0.717) is 11.0 Å². The molecule has 1 amide bonds. The van der Waals surface area contributed by atoms with Crippen LogP contribution in [0.15, 0.2) is 24.3 Å².